The maximum Gasteiger partial charge on any atom is 0.294 e. The maximum atomic E-state index is 12.5. The smallest absolute Gasteiger partial charge is 0.202 e. The molecule has 0 atom stereocenters. The minimum atomic E-state index is -3.22. The lowest BCUT2D eigenvalue weighted by Gasteiger charge is -2.22. The first-order chi connectivity index (χ1) is 4.31. The van der Waals surface area contributed by atoms with Gasteiger partial charge in [-0.2, -0.15) is 0 Å². The van der Waals surface area contributed by atoms with Crippen LogP contribution in [0.4, 0.5) is 8.78 Å². The van der Waals surface area contributed by atoms with E-state index in [4.69, 9.17) is 34.8 Å². The van der Waals surface area contributed by atoms with Gasteiger partial charge in [0.1, 0.15) is 0 Å². The quantitative estimate of drug-likeness (QED) is 0.610. The number of alkyl halides is 5. The number of hydrogen-bond donors (Lipinski definition) is 0. The lowest BCUT2D eigenvalue weighted by molar-refractivity contribution is -0.00423. The van der Waals surface area contributed by atoms with Crippen LogP contribution >= 0.6 is 34.8 Å². The van der Waals surface area contributed by atoms with Crippen LogP contribution < -0.4 is 0 Å². The molecule has 0 unspecified atom stereocenters. The molecule has 10 heavy (non-hydrogen) atoms. The van der Waals surface area contributed by atoms with Crippen molar-refractivity contribution < 1.29 is 8.78 Å². The minimum absolute atomic E-state index is 0.293. The molecular formula is C5H7Cl3F2. The second kappa shape index (κ2) is 3.42. The molecule has 0 saturated heterocycles. The van der Waals surface area contributed by atoms with Crippen LogP contribution in [0.15, 0.2) is 0 Å². The first-order valence-electron chi connectivity index (χ1n) is 2.76. The van der Waals surface area contributed by atoms with Crippen LogP contribution in [-0.4, -0.2) is 9.72 Å². The predicted molar refractivity (Wildman–Crippen MR) is 40.1 cm³/mol. The molecule has 0 nitrogen and oxygen atoms in total. The Kier molecular flexibility index (Phi) is 3.67. The van der Waals surface area contributed by atoms with Crippen molar-refractivity contribution in [2.75, 3.05) is 0 Å². The molecule has 0 radical (unpaired) electrons. The van der Waals surface area contributed by atoms with Crippen LogP contribution in [0, 0.1) is 0 Å². The Balaban J connectivity index is 4.10. The summed E-state index contributed by atoms with van der Waals surface area (Å²) in [5, 5.41) is 0. The molecule has 5 heteroatoms. The summed E-state index contributed by atoms with van der Waals surface area (Å²) in [5.74, 6) is -3.22. The van der Waals surface area contributed by atoms with Crippen molar-refractivity contribution >= 4 is 34.8 Å². The van der Waals surface area contributed by atoms with Crippen LogP contribution in [0.1, 0.15) is 19.8 Å². The molecule has 0 aliphatic rings. The van der Waals surface area contributed by atoms with E-state index < -0.39 is 16.1 Å². The van der Waals surface area contributed by atoms with Gasteiger partial charge >= 0.3 is 0 Å². The molecule has 0 N–H and O–H groups in total. The molecular weight excluding hydrogens is 204 g/mol. The first kappa shape index (κ1) is 10.7. The zero-order valence-corrected chi connectivity index (χ0v) is 7.57. The summed E-state index contributed by atoms with van der Waals surface area (Å²) in [5.41, 5.74) is 0. The fourth-order valence-corrected chi connectivity index (χ4v) is 0.739. The Labute approximate surface area is 73.4 Å². The van der Waals surface area contributed by atoms with E-state index in [1.807, 2.05) is 0 Å². The summed E-state index contributed by atoms with van der Waals surface area (Å²) in [6.45, 7) is 1.60. The van der Waals surface area contributed by atoms with Gasteiger partial charge < -0.3 is 0 Å². The first-order valence-corrected chi connectivity index (χ1v) is 3.89. The average Bonchev–Trinajstić information content (AvgIpc) is 1.61. The monoisotopic (exact) mass is 210 g/mol. The van der Waals surface area contributed by atoms with Crippen LogP contribution in [0.2, 0.25) is 0 Å². The van der Waals surface area contributed by atoms with Crippen molar-refractivity contribution in [2.45, 2.75) is 29.5 Å². The van der Waals surface area contributed by atoms with Gasteiger partial charge in [-0.05, 0) is 0 Å². The van der Waals surface area contributed by atoms with E-state index in [0.717, 1.165) is 0 Å². The highest BCUT2D eigenvalue weighted by molar-refractivity contribution is 6.68. The van der Waals surface area contributed by atoms with E-state index in [-0.39, 0.29) is 0 Å². The lowest BCUT2D eigenvalue weighted by Crippen LogP contribution is -2.32. The van der Waals surface area contributed by atoms with E-state index in [2.05, 4.69) is 0 Å². The van der Waals surface area contributed by atoms with Crippen molar-refractivity contribution in [1.29, 1.82) is 0 Å². The fourth-order valence-electron chi connectivity index (χ4n) is 0.456. The molecule has 0 bridgehead atoms. The van der Waals surface area contributed by atoms with Crippen molar-refractivity contribution in [1.82, 2.24) is 0 Å². The molecule has 0 aliphatic carbocycles. The average molecular weight is 211 g/mol. The van der Waals surface area contributed by atoms with Gasteiger partial charge in [-0.25, -0.2) is 8.78 Å². The Morgan fingerprint density at radius 3 is 1.70 bits per heavy atom. The Morgan fingerprint density at radius 1 is 1.20 bits per heavy atom. The summed E-state index contributed by atoms with van der Waals surface area (Å²) in [7, 11) is 0. The molecule has 0 aliphatic heterocycles. The molecule has 0 rings (SSSR count). The second-order valence-corrected chi connectivity index (χ2v) is 4.23. The minimum Gasteiger partial charge on any atom is -0.202 e. The summed E-state index contributed by atoms with van der Waals surface area (Å²) >= 11 is 15.0. The van der Waals surface area contributed by atoms with E-state index in [1.54, 1.807) is 6.92 Å². The number of halogens is 5. The zero-order valence-electron chi connectivity index (χ0n) is 5.30. The van der Waals surface area contributed by atoms with Crippen LogP contribution in [0.3, 0.4) is 0 Å². The highest BCUT2D eigenvalue weighted by atomic mass is 35.6. The fraction of sp³-hybridized carbons (Fsp3) is 1.00. The Morgan fingerprint density at radius 2 is 1.60 bits per heavy atom. The van der Waals surface area contributed by atoms with Crippen LogP contribution in [-0.2, 0) is 0 Å². The molecule has 0 aromatic carbocycles. The summed E-state index contributed by atoms with van der Waals surface area (Å²) in [6.07, 6.45) is -0.107. The van der Waals surface area contributed by atoms with Gasteiger partial charge in [0, 0.05) is 6.42 Å². The summed E-state index contributed by atoms with van der Waals surface area (Å²) < 4.78 is 22.6. The van der Waals surface area contributed by atoms with Gasteiger partial charge in [-0.1, -0.05) is 48.1 Å². The van der Waals surface area contributed by atoms with E-state index >= 15 is 0 Å². The van der Waals surface area contributed by atoms with Crippen molar-refractivity contribution in [3.8, 4) is 0 Å². The van der Waals surface area contributed by atoms with Gasteiger partial charge in [-0.3, -0.25) is 0 Å². The van der Waals surface area contributed by atoms with Crippen molar-refractivity contribution in [2.24, 2.45) is 0 Å². The molecule has 0 amide bonds. The highest BCUT2D eigenvalue weighted by Gasteiger charge is 2.49. The molecule has 0 aromatic heterocycles. The van der Waals surface area contributed by atoms with E-state index in [1.165, 1.54) is 0 Å². The predicted octanol–water partition coefficient (Wildman–Crippen LogP) is 3.79. The Bertz CT molecular complexity index is 108. The van der Waals surface area contributed by atoms with Gasteiger partial charge in [0.25, 0.3) is 9.72 Å². The number of hydrogen-bond acceptors (Lipinski definition) is 0. The molecule has 0 heterocycles. The molecule has 0 aromatic rings. The maximum absolute atomic E-state index is 12.5. The molecule has 0 saturated carbocycles. The largest absolute Gasteiger partial charge is 0.294 e. The summed E-state index contributed by atoms with van der Waals surface area (Å²) in [6, 6.07) is 0. The van der Waals surface area contributed by atoms with Gasteiger partial charge in [0.05, 0.1) is 0 Å². The van der Waals surface area contributed by atoms with E-state index in [9.17, 15) is 8.78 Å². The second-order valence-electron chi connectivity index (χ2n) is 1.95. The van der Waals surface area contributed by atoms with Gasteiger partial charge in [-0.15, -0.1) is 0 Å². The Hall–Kier alpha value is 0.730. The third-order valence-corrected chi connectivity index (χ3v) is 1.81. The normalized spacial score (nSPS) is 13.8. The van der Waals surface area contributed by atoms with Crippen molar-refractivity contribution in [3.05, 3.63) is 0 Å². The summed E-state index contributed by atoms with van der Waals surface area (Å²) in [4.78, 5) is 0. The van der Waals surface area contributed by atoms with E-state index in [0.29, 0.717) is 6.42 Å². The highest BCUT2D eigenvalue weighted by Crippen LogP contribution is 2.44. The third-order valence-electron chi connectivity index (χ3n) is 0.979. The standard InChI is InChI=1S/C5H7Cl3F2/c1-2-3-4(9,10)5(6,7)8/h2-3H2,1H3. The lowest BCUT2D eigenvalue weighted by atomic mass is 10.2. The van der Waals surface area contributed by atoms with Crippen LogP contribution in [0.25, 0.3) is 0 Å². The topological polar surface area (TPSA) is 0 Å². The molecule has 0 spiro atoms. The molecule has 0 fully saturated rings. The zero-order chi connectivity index (χ0) is 8.41. The third kappa shape index (κ3) is 2.77. The van der Waals surface area contributed by atoms with Crippen LogP contribution in [0.5, 0.6) is 0 Å². The molecule has 62 valence electrons. The SMILES string of the molecule is CCCC(F)(F)C(Cl)(Cl)Cl. The van der Waals surface area contributed by atoms with Crippen molar-refractivity contribution in [3.63, 3.8) is 0 Å². The van der Waals surface area contributed by atoms with Gasteiger partial charge in [0.15, 0.2) is 0 Å². The number of rotatable bonds is 2. The van der Waals surface area contributed by atoms with Gasteiger partial charge in [0.2, 0.25) is 0 Å².